The van der Waals surface area contributed by atoms with E-state index in [0.29, 0.717) is 23.1 Å². The Labute approximate surface area is 155 Å². The SMILES string of the molecule is CC(Nc1cc(N2CCOC2)ccn1)c1cc2cc(Cl)ccc2[nH]c1=O. The van der Waals surface area contributed by atoms with Crippen molar-refractivity contribution in [2.45, 2.75) is 13.0 Å². The summed E-state index contributed by atoms with van der Waals surface area (Å²) in [6, 6.07) is 11.0. The average molecular weight is 371 g/mol. The van der Waals surface area contributed by atoms with Gasteiger partial charge in [0.15, 0.2) is 0 Å². The smallest absolute Gasteiger partial charge is 0.253 e. The van der Waals surface area contributed by atoms with E-state index in [4.69, 9.17) is 16.3 Å². The number of aromatic amines is 1. The Hall–Kier alpha value is -2.57. The van der Waals surface area contributed by atoms with Crippen molar-refractivity contribution >= 4 is 34.0 Å². The van der Waals surface area contributed by atoms with Crippen LogP contribution < -0.4 is 15.8 Å². The molecule has 4 rings (SSSR count). The monoisotopic (exact) mass is 370 g/mol. The van der Waals surface area contributed by atoms with Crippen molar-refractivity contribution in [2.75, 3.05) is 30.1 Å². The summed E-state index contributed by atoms with van der Waals surface area (Å²) < 4.78 is 5.40. The second-order valence-electron chi connectivity index (χ2n) is 6.35. The van der Waals surface area contributed by atoms with Gasteiger partial charge in [0.2, 0.25) is 0 Å². The van der Waals surface area contributed by atoms with Crippen molar-refractivity contribution in [3.8, 4) is 0 Å². The molecule has 1 aliphatic rings. The maximum absolute atomic E-state index is 12.5. The molecule has 1 aromatic carbocycles. The zero-order valence-electron chi connectivity index (χ0n) is 14.3. The molecule has 6 nitrogen and oxygen atoms in total. The summed E-state index contributed by atoms with van der Waals surface area (Å²) in [5, 5.41) is 4.85. The minimum absolute atomic E-state index is 0.121. The van der Waals surface area contributed by atoms with Crippen LogP contribution in [0.4, 0.5) is 11.5 Å². The van der Waals surface area contributed by atoms with Crippen molar-refractivity contribution < 1.29 is 4.74 Å². The third-order valence-electron chi connectivity index (χ3n) is 4.53. The molecule has 1 fully saturated rings. The number of rotatable bonds is 4. The van der Waals surface area contributed by atoms with Gasteiger partial charge in [0.25, 0.3) is 5.56 Å². The lowest BCUT2D eigenvalue weighted by molar-refractivity contribution is 0.201. The lowest BCUT2D eigenvalue weighted by atomic mass is 10.1. The standard InChI is InChI=1S/C19H19ClN4O2/c1-12(16-9-13-8-14(20)2-3-17(13)23-19(16)25)22-18-10-15(4-5-21-18)24-6-7-26-11-24/h2-5,8-10,12H,6-7,11H2,1H3,(H,21,22)(H,23,25). The van der Waals surface area contributed by atoms with Gasteiger partial charge in [-0.25, -0.2) is 4.98 Å². The number of pyridine rings is 2. The second-order valence-corrected chi connectivity index (χ2v) is 6.79. The first-order valence-electron chi connectivity index (χ1n) is 8.48. The van der Waals surface area contributed by atoms with Crippen molar-refractivity contribution in [3.05, 3.63) is 63.5 Å². The molecule has 0 amide bonds. The first-order valence-corrected chi connectivity index (χ1v) is 8.86. The molecular formula is C19H19ClN4O2. The summed E-state index contributed by atoms with van der Waals surface area (Å²) in [7, 11) is 0. The summed E-state index contributed by atoms with van der Waals surface area (Å²) in [4.78, 5) is 21.9. The second kappa shape index (κ2) is 6.97. The molecule has 0 saturated carbocycles. The van der Waals surface area contributed by atoms with E-state index >= 15 is 0 Å². The third kappa shape index (κ3) is 3.38. The Morgan fingerprint density at radius 2 is 2.19 bits per heavy atom. The van der Waals surface area contributed by atoms with E-state index in [0.717, 1.165) is 29.7 Å². The van der Waals surface area contributed by atoms with Gasteiger partial charge in [-0.2, -0.15) is 0 Å². The van der Waals surface area contributed by atoms with Gasteiger partial charge < -0.3 is 19.9 Å². The fourth-order valence-electron chi connectivity index (χ4n) is 3.13. The Morgan fingerprint density at radius 3 is 3.00 bits per heavy atom. The fraction of sp³-hybridized carbons (Fsp3) is 0.263. The summed E-state index contributed by atoms with van der Waals surface area (Å²) >= 11 is 6.07. The molecule has 0 spiro atoms. The molecule has 134 valence electrons. The number of nitrogens with zero attached hydrogens (tertiary/aromatic N) is 2. The van der Waals surface area contributed by atoms with E-state index in [9.17, 15) is 4.79 Å². The van der Waals surface area contributed by atoms with Crippen LogP contribution in [0.25, 0.3) is 10.9 Å². The van der Waals surface area contributed by atoms with Crippen LogP contribution in [0, 0.1) is 0 Å². The number of halogens is 1. The Bertz CT molecular complexity index is 998. The molecule has 7 heteroatoms. The van der Waals surface area contributed by atoms with Crippen LogP contribution in [0.5, 0.6) is 0 Å². The molecular weight excluding hydrogens is 352 g/mol. The van der Waals surface area contributed by atoms with Gasteiger partial charge >= 0.3 is 0 Å². The van der Waals surface area contributed by atoms with Gasteiger partial charge in [-0.05, 0) is 37.3 Å². The highest BCUT2D eigenvalue weighted by atomic mass is 35.5. The Kier molecular flexibility index (Phi) is 4.53. The van der Waals surface area contributed by atoms with Crippen LogP contribution in [0.15, 0.2) is 47.4 Å². The van der Waals surface area contributed by atoms with E-state index in [1.165, 1.54) is 0 Å². The molecule has 2 N–H and O–H groups in total. The van der Waals surface area contributed by atoms with Crippen LogP contribution in [0.1, 0.15) is 18.5 Å². The largest absolute Gasteiger partial charge is 0.363 e. The summed E-state index contributed by atoms with van der Waals surface area (Å²) in [6.07, 6.45) is 1.76. The van der Waals surface area contributed by atoms with Gasteiger partial charge in [-0.3, -0.25) is 4.79 Å². The summed E-state index contributed by atoms with van der Waals surface area (Å²) in [5.41, 5.74) is 2.33. The molecule has 0 aliphatic carbocycles. The lowest BCUT2D eigenvalue weighted by Crippen LogP contribution is -2.21. The highest BCUT2D eigenvalue weighted by Gasteiger charge is 2.15. The van der Waals surface area contributed by atoms with Crippen LogP contribution >= 0.6 is 11.6 Å². The number of ether oxygens (including phenoxy) is 1. The molecule has 3 heterocycles. The minimum Gasteiger partial charge on any atom is -0.363 e. The molecule has 0 radical (unpaired) electrons. The van der Waals surface area contributed by atoms with E-state index in [2.05, 4.69) is 20.2 Å². The number of hydrogen-bond donors (Lipinski definition) is 2. The van der Waals surface area contributed by atoms with E-state index in [-0.39, 0.29) is 11.6 Å². The van der Waals surface area contributed by atoms with Crippen molar-refractivity contribution in [1.29, 1.82) is 0 Å². The number of anilines is 2. The zero-order valence-corrected chi connectivity index (χ0v) is 15.1. The van der Waals surface area contributed by atoms with Crippen LogP contribution in [0.3, 0.4) is 0 Å². The van der Waals surface area contributed by atoms with Crippen LogP contribution in [-0.2, 0) is 4.74 Å². The predicted molar refractivity (Wildman–Crippen MR) is 104 cm³/mol. The zero-order chi connectivity index (χ0) is 18.1. The molecule has 1 aliphatic heterocycles. The number of hydrogen-bond acceptors (Lipinski definition) is 5. The van der Waals surface area contributed by atoms with Gasteiger partial charge in [0.05, 0.1) is 12.6 Å². The van der Waals surface area contributed by atoms with Crippen molar-refractivity contribution in [2.24, 2.45) is 0 Å². The highest BCUT2D eigenvalue weighted by molar-refractivity contribution is 6.31. The molecule has 0 bridgehead atoms. The first kappa shape index (κ1) is 16.9. The van der Waals surface area contributed by atoms with Crippen molar-refractivity contribution in [1.82, 2.24) is 9.97 Å². The topological polar surface area (TPSA) is 70.2 Å². The molecule has 2 aromatic heterocycles. The maximum atomic E-state index is 12.5. The number of fused-ring (bicyclic) bond motifs is 1. The normalized spacial score (nSPS) is 15.4. The molecule has 3 aromatic rings. The predicted octanol–water partition coefficient (Wildman–Crippen LogP) is 3.54. The Morgan fingerprint density at radius 1 is 1.31 bits per heavy atom. The number of nitrogens with one attached hydrogen (secondary N) is 2. The number of benzene rings is 1. The van der Waals surface area contributed by atoms with Gasteiger partial charge in [0, 0.05) is 46.0 Å². The van der Waals surface area contributed by atoms with E-state index in [1.54, 1.807) is 12.3 Å². The number of aromatic nitrogens is 2. The average Bonchev–Trinajstić information content (AvgIpc) is 3.16. The van der Waals surface area contributed by atoms with Crippen molar-refractivity contribution in [3.63, 3.8) is 0 Å². The molecule has 26 heavy (non-hydrogen) atoms. The first-order chi connectivity index (χ1) is 12.6. The summed E-state index contributed by atoms with van der Waals surface area (Å²) in [5.74, 6) is 0.715. The number of H-pyrrole nitrogens is 1. The molecule has 1 saturated heterocycles. The lowest BCUT2D eigenvalue weighted by Gasteiger charge is -2.19. The van der Waals surface area contributed by atoms with E-state index in [1.807, 2.05) is 37.3 Å². The van der Waals surface area contributed by atoms with Gasteiger partial charge in [-0.1, -0.05) is 11.6 Å². The molecule has 1 atom stereocenters. The maximum Gasteiger partial charge on any atom is 0.253 e. The summed E-state index contributed by atoms with van der Waals surface area (Å²) in [6.45, 7) is 4.12. The van der Waals surface area contributed by atoms with E-state index < -0.39 is 0 Å². The highest BCUT2D eigenvalue weighted by Crippen LogP contribution is 2.24. The quantitative estimate of drug-likeness (QED) is 0.735. The minimum atomic E-state index is -0.209. The molecule has 1 unspecified atom stereocenters. The third-order valence-corrected chi connectivity index (χ3v) is 4.76. The van der Waals surface area contributed by atoms with Crippen LogP contribution in [-0.4, -0.2) is 29.9 Å². The van der Waals surface area contributed by atoms with Gasteiger partial charge in [0.1, 0.15) is 12.5 Å². The fourth-order valence-corrected chi connectivity index (χ4v) is 3.31. The van der Waals surface area contributed by atoms with Gasteiger partial charge in [-0.15, -0.1) is 0 Å². The van der Waals surface area contributed by atoms with Crippen LogP contribution in [0.2, 0.25) is 5.02 Å². The Balaban J connectivity index is 1.61.